The summed E-state index contributed by atoms with van der Waals surface area (Å²) in [7, 11) is 0. The first-order valence-electron chi connectivity index (χ1n) is 25.5. The maximum atomic E-state index is 6.87. The van der Waals surface area contributed by atoms with E-state index < -0.39 is 0 Å². The molecular formula is C70H58N2O. The van der Waals surface area contributed by atoms with Crippen LogP contribution in [-0.2, 0) is 10.8 Å². The second kappa shape index (κ2) is 18.2. The number of nitrogens with zero attached hydrogens (tertiary/aromatic N) is 2. The number of hydrogen-bond acceptors (Lipinski definition) is 3. The Bertz CT molecular complexity index is 3950. The van der Waals surface area contributed by atoms with E-state index in [1.165, 1.54) is 38.9 Å². The van der Waals surface area contributed by atoms with Crippen molar-refractivity contribution >= 4 is 77.6 Å². The standard InChI is InChI=1S/C70H58N2O/c1-69(2,3)55-31-25-50(26-32-55)62-22-14-16-24-66(62)72(58-39-33-56(34-40-58)70(4,5)6)60-38-30-52-44-64-63-43-51-29-37-59(41-53(51)45-67(63)73-68(64)46-54(52)42-60)71(57-35-27-48(28-36-57)47-17-9-7-10-18-47)65-23-15-13-21-61(65)49-19-11-8-12-20-49/h7-46H,1-6H3. The van der Waals surface area contributed by atoms with E-state index in [1.807, 2.05) is 0 Å². The van der Waals surface area contributed by atoms with E-state index in [0.717, 1.165) is 83.2 Å². The summed E-state index contributed by atoms with van der Waals surface area (Å²) in [5, 5.41) is 6.76. The average molecular weight is 943 g/mol. The van der Waals surface area contributed by atoms with E-state index in [4.69, 9.17) is 4.42 Å². The molecule has 0 spiro atoms. The summed E-state index contributed by atoms with van der Waals surface area (Å²) in [5.41, 5.74) is 18.1. The summed E-state index contributed by atoms with van der Waals surface area (Å²) < 4.78 is 6.87. The lowest BCUT2D eigenvalue weighted by Gasteiger charge is -2.29. The molecule has 11 aromatic carbocycles. The Balaban J connectivity index is 0.958. The molecule has 1 aromatic heterocycles. The van der Waals surface area contributed by atoms with Crippen molar-refractivity contribution in [1.29, 1.82) is 0 Å². The van der Waals surface area contributed by atoms with Gasteiger partial charge in [-0.1, -0.05) is 199 Å². The van der Waals surface area contributed by atoms with Gasteiger partial charge in [-0.15, -0.1) is 0 Å². The van der Waals surface area contributed by atoms with Crippen LogP contribution in [0.1, 0.15) is 52.7 Å². The van der Waals surface area contributed by atoms with Crippen molar-refractivity contribution < 1.29 is 4.42 Å². The number of benzene rings is 11. The predicted molar refractivity (Wildman–Crippen MR) is 312 cm³/mol. The zero-order valence-corrected chi connectivity index (χ0v) is 42.4. The van der Waals surface area contributed by atoms with Gasteiger partial charge in [0, 0.05) is 44.6 Å². The lowest BCUT2D eigenvalue weighted by Crippen LogP contribution is -2.14. The summed E-state index contributed by atoms with van der Waals surface area (Å²) in [5.74, 6) is 0. The van der Waals surface area contributed by atoms with Crippen molar-refractivity contribution in [3.8, 4) is 33.4 Å². The van der Waals surface area contributed by atoms with Crippen molar-refractivity contribution in [3.63, 3.8) is 0 Å². The van der Waals surface area contributed by atoms with Crippen molar-refractivity contribution in [2.24, 2.45) is 0 Å². The molecule has 0 fully saturated rings. The van der Waals surface area contributed by atoms with Crippen LogP contribution >= 0.6 is 0 Å². The van der Waals surface area contributed by atoms with E-state index in [9.17, 15) is 0 Å². The first-order chi connectivity index (χ1) is 35.4. The quantitative estimate of drug-likeness (QED) is 0.144. The Labute approximate surface area is 429 Å². The number of anilines is 6. The highest BCUT2D eigenvalue weighted by molar-refractivity contribution is 6.14. The predicted octanol–water partition coefficient (Wildman–Crippen LogP) is 20.4. The Hall–Kier alpha value is -8.66. The highest BCUT2D eigenvalue weighted by atomic mass is 16.3. The van der Waals surface area contributed by atoms with Crippen LogP contribution in [0.15, 0.2) is 247 Å². The molecule has 0 radical (unpaired) electrons. The van der Waals surface area contributed by atoms with Gasteiger partial charge in [-0.3, -0.25) is 0 Å². The molecule has 0 bridgehead atoms. The smallest absolute Gasteiger partial charge is 0.136 e. The fourth-order valence-electron chi connectivity index (χ4n) is 10.5. The largest absolute Gasteiger partial charge is 0.456 e. The molecule has 0 amide bonds. The van der Waals surface area contributed by atoms with Crippen molar-refractivity contribution in [1.82, 2.24) is 0 Å². The Morgan fingerprint density at radius 2 is 0.644 bits per heavy atom. The molecule has 12 rings (SSSR count). The third kappa shape index (κ3) is 8.72. The summed E-state index contributed by atoms with van der Waals surface area (Å²) >= 11 is 0. The molecule has 0 saturated carbocycles. The Kier molecular flexibility index (Phi) is 11.3. The lowest BCUT2D eigenvalue weighted by atomic mass is 9.86. The van der Waals surface area contributed by atoms with E-state index in [1.54, 1.807) is 0 Å². The monoisotopic (exact) mass is 942 g/mol. The number of hydrogen-bond donors (Lipinski definition) is 0. The Morgan fingerprint density at radius 1 is 0.288 bits per heavy atom. The molecule has 0 aliphatic heterocycles. The van der Waals surface area contributed by atoms with Gasteiger partial charge in [0.05, 0.1) is 11.4 Å². The second-order valence-electron chi connectivity index (χ2n) is 21.5. The van der Waals surface area contributed by atoms with E-state index in [-0.39, 0.29) is 10.8 Å². The first kappa shape index (κ1) is 45.5. The van der Waals surface area contributed by atoms with Crippen molar-refractivity contribution in [3.05, 3.63) is 254 Å². The summed E-state index contributed by atoms with van der Waals surface area (Å²) in [6, 6.07) is 88.5. The van der Waals surface area contributed by atoms with Gasteiger partial charge in [-0.25, -0.2) is 0 Å². The SMILES string of the molecule is CC(C)(C)c1ccc(-c2ccccc2N(c2ccc(C(C)(C)C)cc2)c2ccc3cc4c(cc3c2)oc2cc3cc(N(c5ccc(-c6ccccc6)cc5)c5ccccc5-c5ccccc5)ccc3cc24)cc1. The molecule has 0 N–H and O–H groups in total. The van der Waals surface area contributed by atoms with Crippen LogP contribution in [0.4, 0.5) is 34.1 Å². The fraction of sp³-hybridized carbons (Fsp3) is 0.114. The molecule has 354 valence electrons. The minimum Gasteiger partial charge on any atom is -0.456 e. The highest BCUT2D eigenvalue weighted by Crippen LogP contribution is 2.46. The third-order valence-electron chi connectivity index (χ3n) is 14.5. The molecule has 0 saturated heterocycles. The second-order valence-corrected chi connectivity index (χ2v) is 21.5. The molecule has 0 aliphatic rings. The van der Waals surface area contributed by atoms with E-state index in [0.29, 0.717) is 0 Å². The van der Waals surface area contributed by atoms with Crippen LogP contribution < -0.4 is 9.80 Å². The first-order valence-corrected chi connectivity index (χ1v) is 25.5. The maximum Gasteiger partial charge on any atom is 0.136 e. The van der Waals surface area contributed by atoms with Crippen LogP contribution in [-0.4, -0.2) is 0 Å². The van der Waals surface area contributed by atoms with Gasteiger partial charge in [0.2, 0.25) is 0 Å². The zero-order valence-electron chi connectivity index (χ0n) is 42.4. The molecule has 0 atom stereocenters. The zero-order chi connectivity index (χ0) is 49.8. The minimum atomic E-state index is 0.0378. The third-order valence-corrected chi connectivity index (χ3v) is 14.5. The topological polar surface area (TPSA) is 19.6 Å². The number of furan rings is 1. The summed E-state index contributed by atoms with van der Waals surface area (Å²) in [4.78, 5) is 4.79. The molecule has 3 heteroatoms. The van der Waals surface area contributed by atoms with Crippen LogP contribution in [0.3, 0.4) is 0 Å². The molecule has 0 aliphatic carbocycles. The van der Waals surface area contributed by atoms with E-state index >= 15 is 0 Å². The minimum absolute atomic E-state index is 0.0378. The van der Waals surface area contributed by atoms with Gasteiger partial charge in [0.1, 0.15) is 11.2 Å². The number of para-hydroxylation sites is 2. The average Bonchev–Trinajstić information content (AvgIpc) is 3.76. The molecule has 73 heavy (non-hydrogen) atoms. The van der Waals surface area contributed by atoms with Crippen LogP contribution in [0, 0.1) is 0 Å². The fourth-order valence-corrected chi connectivity index (χ4v) is 10.5. The molecular weight excluding hydrogens is 885 g/mol. The normalized spacial score (nSPS) is 12.0. The maximum absolute atomic E-state index is 6.87. The van der Waals surface area contributed by atoms with Gasteiger partial charge in [-0.2, -0.15) is 0 Å². The summed E-state index contributed by atoms with van der Waals surface area (Å²) in [6.07, 6.45) is 0. The lowest BCUT2D eigenvalue weighted by molar-refractivity contribution is 0.590. The molecule has 12 aromatic rings. The molecule has 1 heterocycles. The van der Waals surface area contributed by atoms with Crippen LogP contribution in [0.5, 0.6) is 0 Å². The molecule has 3 nitrogen and oxygen atoms in total. The Morgan fingerprint density at radius 3 is 1.11 bits per heavy atom. The van der Waals surface area contributed by atoms with Gasteiger partial charge >= 0.3 is 0 Å². The van der Waals surface area contributed by atoms with Crippen LogP contribution in [0.25, 0.3) is 76.9 Å². The van der Waals surface area contributed by atoms with E-state index in [2.05, 4.69) is 294 Å². The van der Waals surface area contributed by atoms with Gasteiger partial charge < -0.3 is 14.2 Å². The highest BCUT2D eigenvalue weighted by Gasteiger charge is 2.22. The van der Waals surface area contributed by atoms with Gasteiger partial charge in [0.15, 0.2) is 0 Å². The van der Waals surface area contributed by atoms with Crippen molar-refractivity contribution in [2.45, 2.75) is 52.4 Å². The van der Waals surface area contributed by atoms with Gasteiger partial charge in [0.25, 0.3) is 0 Å². The number of rotatable bonds is 9. The van der Waals surface area contributed by atoms with Crippen molar-refractivity contribution in [2.75, 3.05) is 9.80 Å². The number of fused-ring (bicyclic) bond motifs is 5. The molecule has 0 unspecified atom stereocenters. The van der Waals surface area contributed by atoms with Gasteiger partial charge in [-0.05, 0) is 151 Å². The summed E-state index contributed by atoms with van der Waals surface area (Å²) in [6.45, 7) is 13.6. The van der Waals surface area contributed by atoms with Crippen LogP contribution in [0.2, 0.25) is 0 Å².